The van der Waals surface area contributed by atoms with Gasteiger partial charge in [-0.05, 0) is 37.3 Å². The zero-order chi connectivity index (χ0) is 13.5. The topological polar surface area (TPSA) is 46.6 Å². The number of amides is 1. The van der Waals surface area contributed by atoms with Crippen molar-refractivity contribution in [3.8, 4) is 5.75 Å². The lowest BCUT2D eigenvalue weighted by Gasteiger charge is -2.21. The van der Waals surface area contributed by atoms with Gasteiger partial charge in [0.25, 0.3) is 0 Å². The van der Waals surface area contributed by atoms with Gasteiger partial charge in [0.1, 0.15) is 11.5 Å². The van der Waals surface area contributed by atoms with Gasteiger partial charge in [0.2, 0.25) is 5.91 Å². The minimum atomic E-state index is -0.221. The molecule has 0 aliphatic carbocycles. The minimum Gasteiger partial charge on any atom is -0.497 e. The van der Waals surface area contributed by atoms with Crippen LogP contribution in [0.2, 0.25) is 0 Å². The molecule has 4 heteroatoms. The first-order valence-corrected chi connectivity index (χ1v) is 5.66. The Labute approximate surface area is 107 Å². The van der Waals surface area contributed by atoms with E-state index < -0.39 is 0 Å². The van der Waals surface area contributed by atoms with Crippen LogP contribution in [0.4, 0.5) is 5.69 Å². The predicted octanol–water partition coefficient (Wildman–Crippen LogP) is 2.19. The molecular weight excluding hydrogens is 230 g/mol. The molecule has 18 heavy (non-hydrogen) atoms. The highest BCUT2D eigenvalue weighted by molar-refractivity contribution is 6.01. The lowest BCUT2D eigenvalue weighted by atomic mass is 10.2. The average Bonchev–Trinajstić information content (AvgIpc) is 2.39. The molecule has 4 nitrogen and oxygen atoms in total. The fraction of sp³-hybridized carbons (Fsp3) is 0.286. The summed E-state index contributed by atoms with van der Waals surface area (Å²) < 4.78 is 5.06. The Morgan fingerprint density at radius 2 is 1.94 bits per heavy atom. The fourth-order valence-electron chi connectivity index (χ4n) is 1.51. The number of ketones is 1. The van der Waals surface area contributed by atoms with Crippen LogP contribution in [0.1, 0.15) is 13.3 Å². The molecule has 0 aliphatic rings. The van der Waals surface area contributed by atoms with Crippen molar-refractivity contribution >= 4 is 17.4 Å². The number of carbonyl (C=O) groups is 2. The van der Waals surface area contributed by atoms with Crippen LogP contribution >= 0.6 is 0 Å². The molecule has 0 bridgehead atoms. The fourth-order valence-corrected chi connectivity index (χ4v) is 1.51. The lowest BCUT2D eigenvalue weighted by Crippen LogP contribution is -2.31. The van der Waals surface area contributed by atoms with E-state index in [0.717, 1.165) is 11.4 Å². The van der Waals surface area contributed by atoms with E-state index in [2.05, 4.69) is 6.58 Å². The largest absolute Gasteiger partial charge is 0.497 e. The Bertz CT molecular complexity index is 437. The van der Waals surface area contributed by atoms with Gasteiger partial charge in [-0.25, -0.2) is 0 Å². The van der Waals surface area contributed by atoms with Crippen LogP contribution in [-0.4, -0.2) is 25.3 Å². The average molecular weight is 247 g/mol. The number of Topliss-reactive ketones (excluding diaryl/α,β-unsaturated/α-hetero) is 1. The van der Waals surface area contributed by atoms with Gasteiger partial charge < -0.3 is 9.64 Å². The molecule has 0 spiro atoms. The van der Waals surface area contributed by atoms with Crippen molar-refractivity contribution in [3.05, 3.63) is 36.9 Å². The van der Waals surface area contributed by atoms with E-state index in [9.17, 15) is 9.59 Å². The summed E-state index contributed by atoms with van der Waals surface area (Å²) in [5, 5.41) is 0. The first-order valence-electron chi connectivity index (χ1n) is 5.66. The maximum Gasteiger partial charge on any atom is 0.250 e. The SMILES string of the molecule is C=CC(=O)N(CCC(C)=O)c1ccc(OC)cc1. The third-order valence-corrected chi connectivity index (χ3v) is 2.51. The normalized spacial score (nSPS) is 9.67. The number of ether oxygens (including phenoxy) is 1. The molecule has 0 aromatic heterocycles. The highest BCUT2D eigenvalue weighted by atomic mass is 16.5. The lowest BCUT2D eigenvalue weighted by molar-refractivity contribution is -0.117. The maximum absolute atomic E-state index is 11.7. The van der Waals surface area contributed by atoms with E-state index in [1.807, 2.05) is 0 Å². The number of nitrogens with zero attached hydrogens (tertiary/aromatic N) is 1. The third-order valence-electron chi connectivity index (χ3n) is 2.51. The van der Waals surface area contributed by atoms with E-state index >= 15 is 0 Å². The Balaban J connectivity index is 2.89. The van der Waals surface area contributed by atoms with E-state index in [-0.39, 0.29) is 11.7 Å². The minimum absolute atomic E-state index is 0.0466. The van der Waals surface area contributed by atoms with Gasteiger partial charge in [0.15, 0.2) is 0 Å². The zero-order valence-corrected chi connectivity index (χ0v) is 10.7. The summed E-state index contributed by atoms with van der Waals surface area (Å²) in [6.45, 7) is 5.33. The maximum atomic E-state index is 11.7. The Morgan fingerprint density at radius 1 is 1.33 bits per heavy atom. The van der Waals surface area contributed by atoms with Gasteiger partial charge in [0.05, 0.1) is 7.11 Å². The van der Waals surface area contributed by atoms with Crippen molar-refractivity contribution in [2.24, 2.45) is 0 Å². The molecule has 0 fully saturated rings. The van der Waals surface area contributed by atoms with E-state index in [4.69, 9.17) is 4.74 Å². The molecule has 1 rings (SSSR count). The van der Waals surface area contributed by atoms with Crippen LogP contribution in [0.3, 0.4) is 0 Å². The number of benzene rings is 1. The second-order valence-corrected chi connectivity index (χ2v) is 3.84. The van der Waals surface area contributed by atoms with Gasteiger partial charge in [-0.1, -0.05) is 6.58 Å². The van der Waals surface area contributed by atoms with Crippen molar-refractivity contribution in [2.45, 2.75) is 13.3 Å². The van der Waals surface area contributed by atoms with E-state index in [1.54, 1.807) is 31.4 Å². The molecule has 0 atom stereocenters. The highest BCUT2D eigenvalue weighted by Gasteiger charge is 2.13. The van der Waals surface area contributed by atoms with Crippen LogP contribution < -0.4 is 9.64 Å². The highest BCUT2D eigenvalue weighted by Crippen LogP contribution is 2.19. The summed E-state index contributed by atoms with van der Waals surface area (Å²) in [6, 6.07) is 7.10. The first-order chi connectivity index (χ1) is 8.58. The molecule has 96 valence electrons. The van der Waals surface area contributed by atoms with Crippen molar-refractivity contribution in [1.29, 1.82) is 0 Å². The van der Waals surface area contributed by atoms with E-state index in [0.29, 0.717) is 13.0 Å². The van der Waals surface area contributed by atoms with Crippen molar-refractivity contribution in [3.63, 3.8) is 0 Å². The van der Waals surface area contributed by atoms with Gasteiger partial charge in [-0.3, -0.25) is 9.59 Å². The second-order valence-electron chi connectivity index (χ2n) is 3.84. The molecule has 0 heterocycles. The van der Waals surface area contributed by atoms with Gasteiger partial charge in [0, 0.05) is 18.7 Å². The molecule has 0 saturated heterocycles. The number of rotatable bonds is 6. The summed E-state index contributed by atoms with van der Waals surface area (Å²) in [7, 11) is 1.58. The third kappa shape index (κ3) is 3.73. The molecule has 0 unspecified atom stereocenters. The molecule has 1 aromatic rings. The number of anilines is 1. The predicted molar refractivity (Wildman–Crippen MR) is 70.8 cm³/mol. The summed E-state index contributed by atoms with van der Waals surface area (Å²) in [6.07, 6.45) is 1.57. The zero-order valence-electron chi connectivity index (χ0n) is 10.7. The number of hydrogen-bond donors (Lipinski definition) is 0. The number of carbonyl (C=O) groups excluding carboxylic acids is 2. The monoisotopic (exact) mass is 247 g/mol. The standard InChI is InChI=1S/C14H17NO3/c1-4-14(17)15(10-9-11(2)16)12-5-7-13(18-3)8-6-12/h4-8H,1,9-10H2,2-3H3. The number of methoxy groups -OCH3 is 1. The van der Waals surface area contributed by atoms with E-state index in [1.165, 1.54) is 17.9 Å². The van der Waals surface area contributed by atoms with Crippen molar-refractivity contribution in [1.82, 2.24) is 0 Å². The molecule has 1 aromatic carbocycles. The van der Waals surface area contributed by atoms with Gasteiger partial charge in [-0.2, -0.15) is 0 Å². The summed E-state index contributed by atoms with van der Waals surface area (Å²) in [5.41, 5.74) is 0.724. The Kier molecular flexibility index (Phi) is 5.11. The molecular formula is C14H17NO3. The van der Waals surface area contributed by atoms with Gasteiger partial charge in [-0.15, -0.1) is 0 Å². The summed E-state index contributed by atoms with van der Waals surface area (Å²) in [5.74, 6) is 0.545. The van der Waals surface area contributed by atoms with Crippen LogP contribution in [0.25, 0.3) is 0 Å². The van der Waals surface area contributed by atoms with Crippen molar-refractivity contribution in [2.75, 3.05) is 18.6 Å². The second kappa shape index (κ2) is 6.59. The van der Waals surface area contributed by atoms with Crippen LogP contribution in [-0.2, 0) is 9.59 Å². The molecule has 0 radical (unpaired) electrons. The quantitative estimate of drug-likeness (QED) is 0.724. The van der Waals surface area contributed by atoms with Crippen molar-refractivity contribution < 1.29 is 14.3 Å². The van der Waals surface area contributed by atoms with Crippen LogP contribution in [0.5, 0.6) is 5.75 Å². The number of hydrogen-bond acceptors (Lipinski definition) is 3. The Morgan fingerprint density at radius 3 is 2.39 bits per heavy atom. The molecule has 0 aliphatic heterocycles. The van der Waals surface area contributed by atoms with Crippen LogP contribution in [0, 0.1) is 0 Å². The Hall–Kier alpha value is -2.10. The summed E-state index contributed by atoms with van der Waals surface area (Å²) >= 11 is 0. The smallest absolute Gasteiger partial charge is 0.250 e. The summed E-state index contributed by atoms with van der Waals surface area (Å²) in [4.78, 5) is 24.3. The van der Waals surface area contributed by atoms with Gasteiger partial charge >= 0.3 is 0 Å². The molecule has 1 amide bonds. The molecule has 0 saturated carbocycles. The first kappa shape index (κ1) is 14.0. The van der Waals surface area contributed by atoms with Crippen LogP contribution in [0.15, 0.2) is 36.9 Å². The molecule has 0 N–H and O–H groups in total.